The van der Waals surface area contributed by atoms with Crippen molar-refractivity contribution in [2.24, 2.45) is 0 Å². The van der Waals surface area contributed by atoms with Crippen LogP contribution in [0.2, 0.25) is 0 Å². The molecule has 0 bridgehead atoms. The van der Waals surface area contributed by atoms with E-state index < -0.39 is 5.63 Å². The van der Waals surface area contributed by atoms with E-state index >= 15 is 0 Å². The fourth-order valence-electron chi connectivity index (χ4n) is 2.91. The predicted molar refractivity (Wildman–Crippen MR) is 113 cm³/mol. The zero-order chi connectivity index (χ0) is 20.9. The van der Waals surface area contributed by atoms with Crippen LogP contribution >= 0.6 is 0 Å². The highest BCUT2D eigenvalue weighted by Crippen LogP contribution is 2.22. The molecule has 30 heavy (non-hydrogen) atoms. The molecule has 4 rings (SSSR count). The van der Waals surface area contributed by atoms with Gasteiger partial charge in [0.2, 0.25) is 5.89 Å². The van der Waals surface area contributed by atoms with Crippen LogP contribution in [-0.2, 0) is 4.79 Å². The Kier molecular flexibility index (Phi) is 5.43. The smallest absolute Gasteiger partial charge is 0.347 e. The number of nitrogens with one attached hydrogen (secondary N) is 1. The average Bonchev–Trinajstić information content (AvgIpc) is 2.78. The van der Waals surface area contributed by atoms with Crippen LogP contribution in [0.1, 0.15) is 0 Å². The van der Waals surface area contributed by atoms with Crippen LogP contribution in [0.25, 0.3) is 22.4 Å². The maximum absolute atomic E-state index is 12.3. The maximum Gasteiger partial charge on any atom is 0.347 e. The molecule has 1 amide bonds. The van der Waals surface area contributed by atoms with Crippen molar-refractivity contribution in [2.45, 2.75) is 0 Å². The third kappa shape index (κ3) is 4.30. The molecule has 0 atom stereocenters. The van der Waals surface area contributed by atoms with Crippen molar-refractivity contribution >= 4 is 22.5 Å². The summed E-state index contributed by atoms with van der Waals surface area (Å²) >= 11 is 0. The monoisotopic (exact) mass is 402 g/mol. The predicted octanol–water partition coefficient (Wildman–Crippen LogP) is 3.88. The van der Waals surface area contributed by atoms with E-state index in [0.29, 0.717) is 33.7 Å². The third-order valence-electron chi connectivity index (χ3n) is 4.34. The number of carbonyl (C=O) groups is 1. The molecule has 4 aromatic rings. The van der Waals surface area contributed by atoms with Crippen LogP contribution in [0.3, 0.4) is 0 Å². The van der Waals surface area contributed by atoms with Gasteiger partial charge in [0.05, 0.1) is 18.0 Å². The Morgan fingerprint density at radius 1 is 1.00 bits per heavy atom. The van der Waals surface area contributed by atoms with E-state index in [2.05, 4.69) is 10.3 Å². The average molecular weight is 402 g/mol. The van der Waals surface area contributed by atoms with Gasteiger partial charge >= 0.3 is 5.63 Å². The molecule has 7 nitrogen and oxygen atoms in total. The van der Waals surface area contributed by atoms with Gasteiger partial charge in [0.15, 0.2) is 6.61 Å². The lowest BCUT2D eigenvalue weighted by atomic mass is 10.2. The molecule has 1 aromatic heterocycles. The Balaban J connectivity index is 1.48. The zero-order valence-corrected chi connectivity index (χ0v) is 16.1. The van der Waals surface area contributed by atoms with Crippen molar-refractivity contribution in [3.63, 3.8) is 0 Å². The molecule has 0 aliphatic rings. The minimum Gasteiger partial charge on any atom is -0.497 e. The normalized spacial score (nSPS) is 10.6. The van der Waals surface area contributed by atoms with Gasteiger partial charge in [-0.25, -0.2) is 9.78 Å². The van der Waals surface area contributed by atoms with Crippen LogP contribution < -0.4 is 20.4 Å². The Bertz CT molecular complexity index is 1270. The van der Waals surface area contributed by atoms with E-state index in [1.807, 2.05) is 0 Å². The van der Waals surface area contributed by atoms with E-state index in [1.54, 1.807) is 79.9 Å². The van der Waals surface area contributed by atoms with Crippen molar-refractivity contribution in [2.75, 3.05) is 19.0 Å². The number of ether oxygens (including phenoxy) is 2. The van der Waals surface area contributed by atoms with Gasteiger partial charge in [-0.3, -0.25) is 4.79 Å². The molecule has 0 saturated heterocycles. The first-order chi connectivity index (χ1) is 14.6. The molecule has 0 aliphatic carbocycles. The van der Waals surface area contributed by atoms with Crippen molar-refractivity contribution < 1.29 is 18.7 Å². The van der Waals surface area contributed by atoms with Crippen molar-refractivity contribution in [1.29, 1.82) is 0 Å². The molecular weight excluding hydrogens is 384 g/mol. The molecule has 0 unspecified atom stereocenters. The topological polar surface area (TPSA) is 90.7 Å². The first-order valence-corrected chi connectivity index (χ1v) is 9.19. The number of rotatable bonds is 6. The van der Waals surface area contributed by atoms with Crippen LogP contribution in [0.4, 0.5) is 5.69 Å². The fraction of sp³-hybridized carbons (Fsp3) is 0.0870. The molecule has 0 fully saturated rings. The molecule has 0 aliphatic heterocycles. The van der Waals surface area contributed by atoms with Gasteiger partial charge in [-0.2, -0.15) is 0 Å². The van der Waals surface area contributed by atoms with Crippen molar-refractivity contribution in [3.8, 4) is 23.0 Å². The number of amides is 1. The second-order valence-electron chi connectivity index (χ2n) is 6.42. The van der Waals surface area contributed by atoms with E-state index in [4.69, 9.17) is 13.9 Å². The lowest BCUT2D eigenvalue weighted by Crippen LogP contribution is -2.20. The van der Waals surface area contributed by atoms with Crippen LogP contribution in [0.15, 0.2) is 82.0 Å². The van der Waals surface area contributed by atoms with Crippen molar-refractivity contribution in [1.82, 2.24) is 4.98 Å². The minimum atomic E-state index is -0.461. The Labute approximate surface area is 171 Å². The minimum absolute atomic E-state index is 0.166. The number of nitrogens with zero attached hydrogens (tertiary/aromatic N) is 1. The summed E-state index contributed by atoms with van der Waals surface area (Å²) in [5, 5.41) is 3.18. The summed E-state index contributed by atoms with van der Waals surface area (Å²) in [5.74, 6) is 1.02. The summed E-state index contributed by atoms with van der Waals surface area (Å²) in [7, 11) is 1.56. The number of carbonyl (C=O) groups excluding carboxylic acids is 1. The summed E-state index contributed by atoms with van der Waals surface area (Å²) in [4.78, 5) is 28.9. The van der Waals surface area contributed by atoms with Gasteiger partial charge in [0.1, 0.15) is 11.5 Å². The molecule has 150 valence electrons. The van der Waals surface area contributed by atoms with Crippen molar-refractivity contribution in [3.05, 3.63) is 83.2 Å². The Morgan fingerprint density at radius 2 is 1.80 bits per heavy atom. The summed E-state index contributed by atoms with van der Waals surface area (Å²) in [6.07, 6.45) is 0. The van der Waals surface area contributed by atoms with Crippen LogP contribution in [-0.4, -0.2) is 24.6 Å². The number of hydrogen-bond donors (Lipinski definition) is 1. The summed E-state index contributed by atoms with van der Waals surface area (Å²) in [5.41, 5.74) is 1.19. The highest BCUT2D eigenvalue weighted by atomic mass is 16.5. The molecule has 0 saturated carbocycles. The van der Waals surface area contributed by atoms with E-state index in [0.717, 1.165) is 0 Å². The number of aromatic nitrogens is 1. The highest BCUT2D eigenvalue weighted by molar-refractivity contribution is 5.92. The number of fused-ring (bicyclic) bond motifs is 1. The molecule has 0 spiro atoms. The zero-order valence-electron chi connectivity index (χ0n) is 16.1. The van der Waals surface area contributed by atoms with Gasteiger partial charge in [0.25, 0.3) is 5.91 Å². The molecule has 0 radical (unpaired) electrons. The summed E-state index contributed by atoms with van der Waals surface area (Å²) < 4.78 is 16.0. The Morgan fingerprint density at radius 3 is 2.67 bits per heavy atom. The second kappa shape index (κ2) is 8.48. The third-order valence-corrected chi connectivity index (χ3v) is 4.34. The van der Waals surface area contributed by atoms with Gasteiger partial charge in [-0.1, -0.05) is 24.3 Å². The summed E-state index contributed by atoms with van der Waals surface area (Å²) in [6.45, 7) is -0.166. The first kappa shape index (κ1) is 19.2. The van der Waals surface area contributed by atoms with Gasteiger partial charge in [-0.05, 0) is 42.5 Å². The highest BCUT2D eigenvalue weighted by Gasteiger charge is 2.10. The standard InChI is InChI=1S/C23H18N2O5/c1-28-17-8-5-9-18(13-17)29-14-21(26)24-16-7-4-6-15(12-16)22-25-20-11-3-2-10-19(20)23(27)30-22/h2-13H,14H2,1H3,(H,24,26). The molecule has 1 N–H and O–H groups in total. The van der Waals surface area contributed by atoms with Gasteiger partial charge in [0, 0.05) is 17.3 Å². The first-order valence-electron chi connectivity index (χ1n) is 9.19. The van der Waals surface area contributed by atoms with E-state index in [1.165, 1.54) is 0 Å². The molecular formula is C23H18N2O5. The largest absolute Gasteiger partial charge is 0.497 e. The lowest BCUT2D eigenvalue weighted by Gasteiger charge is -2.09. The van der Waals surface area contributed by atoms with E-state index in [-0.39, 0.29) is 18.4 Å². The van der Waals surface area contributed by atoms with Gasteiger partial charge < -0.3 is 19.2 Å². The number of benzene rings is 3. The number of para-hydroxylation sites is 1. The molecule has 1 heterocycles. The number of methoxy groups -OCH3 is 1. The molecule has 7 heteroatoms. The van der Waals surface area contributed by atoms with Crippen LogP contribution in [0.5, 0.6) is 11.5 Å². The van der Waals surface area contributed by atoms with Crippen LogP contribution in [0, 0.1) is 0 Å². The fourth-order valence-corrected chi connectivity index (χ4v) is 2.91. The Hall–Kier alpha value is -4.13. The quantitative estimate of drug-likeness (QED) is 0.526. The lowest BCUT2D eigenvalue weighted by molar-refractivity contribution is -0.118. The number of anilines is 1. The maximum atomic E-state index is 12.3. The second-order valence-corrected chi connectivity index (χ2v) is 6.42. The SMILES string of the molecule is COc1cccc(OCC(=O)Nc2cccc(-c3nc4ccccc4c(=O)o3)c2)c1. The van der Waals surface area contributed by atoms with Gasteiger partial charge in [-0.15, -0.1) is 0 Å². The van der Waals surface area contributed by atoms with E-state index in [9.17, 15) is 9.59 Å². The number of hydrogen-bond acceptors (Lipinski definition) is 6. The molecule has 3 aromatic carbocycles. The summed E-state index contributed by atoms with van der Waals surface area (Å²) in [6, 6.07) is 20.9.